The van der Waals surface area contributed by atoms with Gasteiger partial charge in [0.05, 0.1) is 0 Å². The number of carbonyl (C=O) groups is 1. The van der Waals surface area contributed by atoms with Gasteiger partial charge in [0.2, 0.25) is 5.78 Å². The molecule has 27 heavy (non-hydrogen) atoms. The van der Waals surface area contributed by atoms with Gasteiger partial charge >= 0.3 is 0 Å². The van der Waals surface area contributed by atoms with Crippen LogP contribution in [0.15, 0.2) is 66.9 Å². The summed E-state index contributed by atoms with van der Waals surface area (Å²) in [5.74, 6) is 1.31. The Bertz CT molecular complexity index is 939. The number of anilines is 1. The van der Waals surface area contributed by atoms with Crippen molar-refractivity contribution in [2.24, 2.45) is 0 Å². The predicted molar refractivity (Wildman–Crippen MR) is 107 cm³/mol. The molecule has 1 unspecified atom stereocenters. The van der Waals surface area contributed by atoms with E-state index in [0.717, 1.165) is 31.0 Å². The van der Waals surface area contributed by atoms with Gasteiger partial charge in [-0.1, -0.05) is 36.4 Å². The molecule has 0 spiro atoms. The predicted octanol–water partition coefficient (Wildman–Crippen LogP) is 4.40. The highest BCUT2D eigenvalue weighted by Gasteiger charge is 2.23. The third-order valence-corrected chi connectivity index (χ3v) is 5.23. The van der Waals surface area contributed by atoms with E-state index < -0.39 is 0 Å². The van der Waals surface area contributed by atoms with E-state index in [2.05, 4.69) is 40.2 Å². The summed E-state index contributed by atoms with van der Waals surface area (Å²) in [7, 11) is 0. The monoisotopic (exact) mass is 357 g/mol. The zero-order valence-electron chi connectivity index (χ0n) is 15.5. The number of rotatable bonds is 4. The Morgan fingerprint density at radius 3 is 2.70 bits per heavy atom. The van der Waals surface area contributed by atoms with E-state index in [1.54, 1.807) is 18.3 Å². The number of pyridine rings is 2. The molecule has 1 fully saturated rings. The highest BCUT2D eigenvalue weighted by atomic mass is 16.1. The van der Waals surface area contributed by atoms with E-state index in [9.17, 15) is 4.79 Å². The molecule has 1 atom stereocenters. The van der Waals surface area contributed by atoms with Gasteiger partial charge in [-0.05, 0) is 49.6 Å². The Labute approximate surface area is 159 Å². The normalized spacial score (nSPS) is 16.9. The van der Waals surface area contributed by atoms with Crippen LogP contribution in [-0.4, -0.2) is 28.8 Å². The third-order valence-electron chi connectivity index (χ3n) is 5.23. The summed E-state index contributed by atoms with van der Waals surface area (Å²) in [5, 5.41) is 0. The topological polar surface area (TPSA) is 46.1 Å². The van der Waals surface area contributed by atoms with Gasteiger partial charge < -0.3 is 4.90 Å². The van der Waals surface area contributed by atoms with Crippen molar-refractivity contribution in [3.05, 3.63) is 89.4 Å². The Hall–Kier alpha value is -3.01. The van der Waals surface area contributed by atoms with Crippen LogP contribution < -0.4 is 4.90 Å². The first-order valence-corrected chi connectivity index (χ1v) is 9.45. The first-order chi connectivity index (χ1) is 13.2. The van der Waals surface area contributed by atoms with Gasteiger partial charge in [-0.3, -0.25) is 9.78 Å². The molecule has 4 rings (SSSR count). The Kier molecular flexibility index (Phi) is 4.97. The van der Waals surface area contributed by atoms with E-state index in [0.29, 0.717) is 17.2 Å². The number of hydrogen-bond donors (Lipinski definition) is 0. The van der Waals surface area contributed by atoms with Crippen LogP contribution in [0.25, 0.3) is 0 Å². The summed E-state index contributed by atoms with van der Waals surface area (Å²) in [4.78, 5) is 24.1. The first-order valence-electron chi connectivity index (χ1n) is 9.45. The van der Waals surface area contributed by atoms with Crippen LogP contribution in [0.1, 0.15) is 46.1 Å². The summed E-state index contributed by atoms with van der Waals surface area (Å²) >= 11 is 0. The van der Waals surface area contributed by atoms with Crippen LogP contribution in [0.3, 0.4) is 0 Å². The summed E-state index contributed by atoms with van der Waals surface area (Å²) in [6, 6.07) is 20.0. The molecule has 0 amide bonds. The van der Waals surface area contributed by atoms with Gasteiger partial charge in [-0.25, -0.2) is 4.98 Å². The number of nitrogens with zero attached hydrogens (tertiary/aromatic N) is 3. The van der Waals surface area contributed by atoms with Crippen molar-refractivity contribution in [3.8, 4) is 0 Å². The lowest BCUT2D eigenvalue weighted by Crippen LogP contribution is -2.35. The number of piperidine rings is 1. The standard InChI is InChI=1S/C23H23N3O/c1-17-20(11-6-14-24-17)23(27)21-12-5-13-22(25-21)26-15-7-10-19(16-26)18-8-3-2-4-9-18/h2-6,8-9,11-14,19H,7,10,15-16H2,1H3. The minimum absolute atomic E-state index is 0.0703. The largest absolute Gasteiger partial charge is 0.356 e. The molecule has 2 aromatic heterocycles. The van der Waals surface area contributed by atoms with Crippen LogP contribution >= 0.6 is 0 Å². The molecule has 1 aliphatic rings. The number of aromatic nitrogens is 2. The van der Waals surface area contributed by atoms with Crippen LogP contribution in [0.2, 0.25) is 0 Å². The van der Waals surface area contributed by atoms with Crippen LogP contribution in [0.4, 0.5) is 5.82 Å². The van der Waals surface area contributed by atoms with Crippen LogP contribution in [0, 0.1) is 6.92 Å². The second-order valence-electron chi connectivity index (χ2n) is 7.04. The minimum atomic E-state index is -0.0703. The lowest BCUT2D eigenvalue weighted by molar-refractivity contribution is 0.103. The van der Waals surface area contributed by atoms with Gasteiger partial charge in [-0.15, -0.1) is 0 Å². The Morgan fingerprint density at radius 1 is 1.04 bits per heavy atom. The lowest BCUT2D eigenvalue weighted by Gasteiger charge is -2.34. The third kappa shape index (κ3) is 3.75. The maximum absolute atomic E-state index is 12.9. The maximum atomic E-state index is 12.9. The molecule has 0 bridgehead atoms. The van der Waals surface area contributed by atoms with Crippen molar-refractivity contribution in [1.82, 2.24) is 9.97 Å². The van der Waals surface area contributed by atoms with E-state index in [-0.39, 0.29) is 5.78 Å². The minimum Gasteiger partial charge on any atom is -0.356 e. The molecular weight excluding hydrogens is 334 g/mol. The Morgan fingerprint density at radius 2 is 1.89 bits per heavy atom. The Balaban J connectivity index is 1.57. The second-order valence-corrected chi connectivity index (χ2v) is 7.04. The quantitative estimate of drug-likeness (QED) is 0.649. The highest BCUT2D eigenvalue weighted by molar-refractivity contribution is 6.08. The molecular formula is C23H23N3O. The molecule has 3 aromatic rings. The van der Waals surface area contributed by atoms with E-state index >= 15 is 0 Å². The van der Waals surface area contributed by atoms with Crippen molar-refractivity contribution in [2.45, 2.75) is 25.7 Å². The highest BCUT2D eigenvalue weighted by Crippen LogP contribution is 2.29. The summed E-state index contributed by atoms with van der Waals surface area (Å²) in [6.07, 6.45) is 4.02. The number of aryl methyl sites for hydroxylation is 1. The van der Waals surface area contributed by atoms with E-state index in [1.165, 1.54) is 12.0 Å². The smallest absolute Gasteiger partial charge is 0.213 e. The van der Waals surface area contributed by atoms with Crippen molar-refractivity contribution in [1.29, 1.82) is 0 Å². The molecule has 4 heteroatoms. The molecule has 0 aliphatic carbocycles. The fraction of sp³-hybridized carbons (Fsp3) is 0.261. The van der Waals surface area contributed by atoms with Crippen LogP contribution in [0.5, 0.6) is 0 Å². The molecule has 136 valence electrons. The van der Waals surface area contributed by atoms with Crippen molar-refractivity contribution in [2.75, 3.05) is 18.0 Å². The number of benzene rings is 1. The second kappa shape index (κ2) is 7.70. The fourth-order valence-corrected chi connectivity index (χ4v) is 3.77. The van der Waals surface area contributed by atoms with Crippen molar-refractivity contribution >= 4 is 11.6 Å². The number of hydrogen-bond acceptors (Lipinski definition) is 4. The van der Waals surface area contributed by atoms with Crippen molar-refractivity contribution < 1.29 is 4.79 Å². The molecule has 0 radical (unpaired) electrons. The number of ketones is 1. The summed E-state index contributed by atoms with van der Waals surface area (Å²) < 4.78 is 0. The van der Waals surface area contributed by atoms with E-state index in [4.69, 9.17) is 4.98 Å². The molecule has 0 N–H and O–H groups in total. The first kappa shape index (κ1) is 17.4. The van der Waals surface area contributed by atoms with Gasteiger partial charge in [-0.2, -0.15) is 0 Å². The molecule has 1 aromatic carbocycles. The molecule has 1 aliphatic heterocycles. The molecule has 0 saturated carbocycles. The van der Waals surface area contributed by atoms with Gasteiger partial charge in [0, 0.05) is 36.5 Å². The summed E-state index contributed by atoms with van der Waals surface area (Å²) in [6.45, 7) is 3.76. The molecule has 4 nitrogen and oxygen atoms in total. The average molecular weight is 357 g/mol. The average Bonchev–Trinajstić information content (AvgIpc) is 2.74. The molecule has 1 saturated heterocycles. The van der Waals surface area contributed by atoms with Gasteiger partial charge in [0.1, 0.15) is 11.5 Å². The number of carbonyl (C=O) groups excluding carboxylic acids is 1. The SMILES string of the molecule is Cc1ncccc1C(=O)c1cccc(N2CCCC(c3ccccc3)C2)n1. The fourth-order valence-electron chi connectivity index (χ4n) is 3.77. The van der Waals surface area contributed by atoms with E-state index in [1.807, 2.05) is 25.1 Å². The maximum Gasteiger partial charge on any atom is 0.213 e. The zero-order chi connectivity index (χ0) is 18.6. The van der Waals surface area contributed by atoms with Crippen LogP contribution in [-0.2, 0) is 0 Å². The van der Waals surface area contributed by atoms with Crippen molar-refractivity contribution in [3.63, 3.8) is 0 Å². The zero-order valence-corrected chi connectivity index (χ0v) is 15.5. The summed E-state index contributed by atoms with van der Waals surface area (Å²) in [5.41, 5.74) is 3.20. The molecule has 3 heterocycles. The van der Waals surface area contributed by atoms with Gasteiger partial charge in [0.15, 0.2) is 0 Å². The lowest BCUT2D eigenvalue weighted by atomic mass is 9.90. The van der Waals surface area contributed by atoms with Gasteiger partial charge in [0.25, 0.3) is 0 Å².